The number of carbonyl (C=O) groups excluding carboxylic acids is 1. The van der Waals surface area contributed by atoms with Gasteiger partial charge in [0.15, 0.2) is 0 Å². The van der Waals surface area contributed by atoms with Gasteiger partial charge in [-0.3, -0.25) is 4.79 Å². The van der Waals surface area contributed by atoms with Crippen LogP contribution >= 0.6 is 0 Å². The maximum absolute atomic E-state index is 12.9. The normalized spacial score (nSPS) is 29.1. The van der Waals surface area contributed by atoms with Crippen molar-refractivity contribution in [3.63, 3.8) is 0 Å². The molecule has 2 fully saturated rings. The molecule has 0 radical (unpaired) electrons. The Labute approximate surface area is 126 Å². The highest BCUT2D eigenvalue weighted by Crippen LogP contribution is 2.28. The molecule has 1 aliphatic carbocycles. The molecule has 122 valence electrons. The SMILES string of the molecule is C[C@@H]1CN(S(=O)(=O)N(CC(N)=O)C2CCCC2)C[C@@H](C)O1. The summed E-state index contributed by atoms with van der Waals surface area (Å²) in [5.74, 6) is -0.611. The predicted octanol–water partition coefficient (Wildman–Crippen LogP) is 0.0703. The largest absolute Gasteiger partial charge is 0.373 e. The second-order valence-corrected chi connectivity index (χ2v) is 7.91. The molecule has 2 rings (SSSR count). The second-order valence-electron chi connectivity index (χ2n) is 6.03. The molecule has 1 amide bonds. The van der Waals surface area contributed by atoms with Crippen LogP contribution in [0.25, 0.3) is 0 Å². The number of hydrogen-bond acceptors (Lipinski definition) is 4. The van der Waals surface area contributed by atoms with Crippen LogP contribution in [-0.4, -0.2) is 60.8 Å². The molecule has 0 aromatic heterocycles. The highest BCUT2D eigenvalue weighted by atomic mass is 32.2. The van der Waals surface area contributed by atoms with E-state index in [0.717, 1.165) is 25.7 Å². The minimum absolute atomic E-state index is 0.115. The Kier molecular flexibility index (Phi) is 5.24. The zero-order valence-corrected chi connectivity index (χ0v) is 13.5. The second kappa shape index (κ2) is 6.60. The van der Waals surface area contributed by atoms with E-state index in [1.807, 2.05) is 13.8 Å². The number of nitrogens with two attached hydrogens (primary N) is 1. The summed E-state index contributed by atoms with van der Waals surface area (Å²) >= 11 is 0. The highest BCUT2D eigenvalue weighted by Gasteiger charge is 2.39. The van der Waals surface area contributed by atoms with Gasteiger partial charge in [-0.15, -0.1) is 0 Å². The maximum Gasteiger partial charge on any atom is 0.282 e. The number of amides is 1. The number of carbonyl (C=O) groups is 1. The first-order valence-electron chi connectivity index (χ1n) is 7.51. The zero-order valence-electron chi connectivity index (χ0n) is 12.7. The van der Waals surface area contributed by atoms with Gasteiger partial charge in [-0.25, -0.2) is 0 Å². The summed E-state index contributed by atoms with van der Waals surface area (Å²) in [5.41, 5.74) is 5.25. The third-order valence-corrected chi connectivity index (χ3v) is 6.02. The van der Waals surface area contributed by atoms with Crippen LogP contribution in [0, 0.1) is 0 Å². The first kappa shape index (κ1) is 16.7. The van der Waals surface area contributed by atoms with E-state index < -0.39 is 16.1 Å². The molecule has 1 saturated carbocycles. The maximum atomic E-state index is 12.9. The average molecular weight is 319 g/mol. The summed E-state index contributed by atoms with van der Waals surface area (Å²) in [6, 6.07) is -0.115. The van der Waals surface area contributed by atoms with Gasteiger partial charge in [-0.2, -0.15) is 17.0 Å². The number of ether oxygens (including phenoxy) is 1. The van der Waals surface area contributed by atoms with E-state index in [-0.39, 0.29) is 24.8 Å². The zero-order chi connectivity index (χ0) is 15.6. The Balaban J connectivity index is 2.21. The quantitative estimate of drug-likeness (QED) is 0.776. The molecule has 0 aromatic carbocycles. The fourth-order valence-corrected chi connectivity index (χ4v) is 5.18. The molecule has 1 aliphatic heterocycles. The highest BCUT2D eigenvalue weighted by molar-refractivity contribution is 7.86. The molecule has 0 bridgehead atoms. The first-order valence-corrected chi connectivity index (χ1v) is 8.91. The average Bonchev–Trinajstić information content (AvgIpc) is 2.87. The van der Waals surface area contributed by atoms with E-state index >= 15 is 0 Å². The van der Waals surface area contributed by atoms with Crippen LogP contribution in [0.1, 0.15) is 39.5 Å². The van der Waals surface area contributed by atoms with Crippen LogP contribution in [0.5, 0.6) is 0 Å². The lowest BCUT2D eigenvalue weighted by Gasteiger charge is -2.38. The monoisotopic (exact) mass is 319 g/mol. The Bertz CT molecular complexity index is 466. The smallest absolute Gasteiger partial charge is 0.282 e. The molecule has 0 spiro atoms. The van der Waals surface area contributed by atoms with E-state index in [0.29, 0.717) is 13.1 Å². The minimum Gasteiger partial charge on any atom is -0.373 e. The first-order chi connectivity index (χ1) is 9.80. The van der Waals surface area contributed by atoms with Gasteiger partial charge in [0.2, 0.25) is 5.91 Å². The van der Waals surface area contributed by atoms with Gasteiger partial charge in [-0.05, 0) is 26.7 Å². The van der Waals surface area contributed by atoms with Crippen molar-refractivity contribution < 1.29 is 17.9 Å². The van der Waals surface area contributed by atoms with E-state index in [1.54, 1.807) is 0 Å². The van der Waals surface area contributed by atoms with Crippen LogP contribution in [0.2, 0.25) is 0 Å². The summed E-state index contributed by atoms with van der Waals surface area (Å²) in [5, 5.41) is 0. The summed E-state index contributed by atoms with van der Waals surface area (Å²) in [6.45, 7) is 4.09. The van der Waals surface area contributed by atoms with E-state index in [1.165, 1.54) is 8.61 Å². The fourth-order valence-electron chi connectivity index (χ4n) is 3.21. The predicted molar refractivity (Wildman–Crippen MR) is 78.7 cm³/mol. The molecule has 8 heteroatoms. The lowest BCUT2D eigenvalue weighted by atomic mass is 10.2. The van der Waals surface area contributed by atoms with Crippen LogP contribution in [0.3, 0.4) is 0 Å². The molecule has 1 heterocycles. The Morgan fingerprint density at radius 2 is 1.76 bits per heavy atom. The molecule has 0 unspecified atom stereocenters. The van der Waals surface area contributed by atoms with Gasteiger partial charge in [-0.1, -0.05) is 12.8 Å². The molecule has 0 aromatic rings. The van der Waals surface area contributed by atoms with Crippen molar-refractivity contribution in [2.24, 2.45) is 5.73 Å². The minimum atomic E-state index is -3.68. The number of morpholine rings is 1. The molecular formula is C13H25N3O4S. The van der Waals surface area contributed by atoms with Crippen molar-refractivity contribution in [2.45, 2.75) is 57.8 Å². The van der Waals surface area contributed by atoms with E-state index in [9.17, 15) is 13.2 Å². The Morgan fingerprint density at radius 1 is 1.24 bits per heavy atom. The van der Waals surface area contributed by atoms with Crippen molar-refractivity contribution in [3.05, 3.63) is 0 Å². The van der Waals surface area contributed by atoms with E-state index in [4.69, 9.17) is 10.5 Å². The lowest BCUT2D eigenvalue weighted by molar-refractivity contribution is -0.118. The van der Waals surface area contributed by atoms with Crippen molar-refractivity contribution in [2.75, 3.05) is 19.6 Å². The fraction of sp³-hybridized carbons (Fsp3) is 0.923. The topological polar surface area (TPSA) is 92.9 Å². The van der Waals surface area contributed by atoms with Crippen LogP contribution in [-0.2, 0) is 19.7 Å². The summed E-state index contributed by atoms with van der Waals surface area (Å²) in [6.07, 6.45) is 3.27. The molecule has 2 atom stereocenters. The molecule has 7 nitrogen and oxygen atoms in total. The number of nitrogens with zero attached hydrogens (tertiary/aromatic N) is 2. The van der Waals surface area contributed by atoms with Crippen LogP contribution in [0.15, 0.2) is 0 Å². The van der Waals surface area contributed by atoms with Gasteiger partial charge >= 0.3 is 0 Å². The lowest BCUT2D eigenvalue weighted by Crippen LogP contribution is -2.56. The number of hydrogen-bond donors (Lipinski definition) is 1. The van der Waals surface area contributed by atoms with Crippen molar-refractivity contribution in [3.8, 4) is 0 Å². The third-order valence-electron chi connectivity index (χ3n) is 4.05. The van der Waals surface area contributed by atoms with Gasteiger partial charge in [0.25, 0.3) is 10.2 Å². The Hall–Kier alpha value is -0.700. The van der Waals surface area contributed by atoms with Crippen molar-refractivity contribution in [1.82, 2.24) is 8.61 Å². The Morgan fingerprint density at radius 3 is 2.24 bits per heavy atom. The number of primary amides is 1. The van der Waals surface area contributed by atoms with Crippen molar-refractivity contribution in [1.29, 1.82) is 0 Å². The van der Waals surface area contributed by atoms with E-state index in [2.05, 4.69) is 0 Å². The van der Waals surface area contributed by atoms with Gasteiger partial charge in [0.05, 0.1) is 18.8 Å². The number of rotatable bonds is 5. The van der Waals surface area contributed by atoms with Crippen LogP contribution in [0.4, 0.5) is 0 Å². The summed E-state index contributed by atoms with van der Waals surface area (Å²) in [4.78, 5) is 11.3. The molecule has 1 saturated heterocycles. The molecule has 2 N–H and O–H groups in total. The summed E-state index contributed by atoms with van der Waals surface area (Å²) < 4.78 is 34.1. The standard InChI is InChI=1S/C13H25N3O4S/c1-10-7-15(8-11(2)20-10)21(18,19)16(9-13(14)17)12-5-3-4-6-12/h10-12H,3-9H2,1-2H3,(H2,14,17)/t10-,11-/m1/s1. The van der Waals surface area contributed by atoms with Crippen molar-refractivity contribution >= 4 is 16.1 Å². The molecule has 21 heavy (non-hydrogen) atoms. The van der Waals surface area contributed by atoms with Crippen LogP contribution < -0.4 is 5.73 Å². The third kappa shape index (κ3) is 3.94. The van der Waals surface area contributed by atoms with Gasteiger partial charge in [0, 0.05) is 19.1 Å². The van der Waals surface area contributed by atoms with Gasteiger partial charge < -0.3 is 10.5 Å². The summed E-state index contributed by atoms with van der Waals surface area (Å²) in [7, 11) is -3.68. The van der Waals surface area contributed by atoms with Gasteiger partial charge in [0.1, 0.15) is 0 Å². The molecular weight excluding hydrogens is 294 g/mol. The molecule has 2 aliphatic rings.